The molecule has 8 heteroatoms. The van der Waals surface area contributed by atoms with Gasteiger partial charge in [0.1, 0.15) is 6.54 Å². The molecule has 5 nitrogen and oxygen atoms in total. The van der Waals surface area contributed by atoms with Gasteiger partial charge in [0.05, 0.1) is 0 Å². The summed E-state index contributed by atoms with van der Waals surface area (Å²) in [6.07, 6.45) is -2.38. The van der Waals surface area contributed by atoms with Crippen molar-refractivity contribution < 1.29 is 23.1 Å². The monoisotopic (exact) mass is 321 g/mol. The minimum atomic E-state index is -4.57. The summed E-state index contributed by atoms with van der Waals surface area (Å²) in [5.41, 5.74) is -1.43. The number of aromatic nitrogens is 2. The van der Waals surface area contributed by atoms with Crippen LogP contribution in [0.3, 0.4) is 0 Å². The van der Waals surface area contributed by atoms with Crippen molar-refractivity contribution in [1.82, 2.24) is 15.1 Å². The highest BCUT2D eigenvalue weighted by atomic mass is 19.4. The second kappa shape index (κ2) is 7.13. The van der Waals surface area contributed by atoms with Gasteiger partial charge in [-0.25, -0.2) is 0 Å². The molecule has 0 radical (unpaired) electrons. The third kappa shape index (κ3) is 5.32. The summed E-state index contributed by atoms with van der Waals surface area (Å²) in [4.78, 5) is 11.9. The molecule has 0 bridgehead atoms. The van der Waals surface area contributed by atoms with E-state index in [4.69, 9.17) is 5.11 Å². The predicted molar refractivity (Wildman–Crippen MR) is 75.1 cm³/mol. The molecule has 0 saturated heterocycles. The van der Waals surface area contributed by atoms with E-state index in [0.29, 0.717) is 6.42 Å². The lowest BCUT2D eigenvalue weighted by molar-refractivity contribution is -0.142. The van der Waals surface area contributed by atoms with Crippen LogP contribution < -0.4 is 5.32 Å². The van der Waals surface area contributed by atoms with E-state index in [9.17, 15) is 18.0 Å². The van der Waals surface area contributed by atoms with Crippen LogP contribution in [0.5, 0.6) is 0 Å². The number of alkyl halides is 3. The number of aliphatic hydroxyl groups is 1. The molecule has 0 unspecified atom stereocenters. The van der Waals surface area contributed by atoms with E-state index in [0.717, 1.165) is 4.68 Å². The van der Waals surface area contributed by atoms with Gasteiger partial charge in [-0.2, -0.15) is 18.3 Å². The summed E-state index contributed by atoms with van der Waals surface area (Å²) >= 11 is 0. The zero-order chi connectivity index (χ0) is 17.0. The Hall–Kier alpha value is -1.57. The Morgan fingerprint density at radius 3 is 2.55 bits per heavy atom. The molecule has 0 aliphatic carbocycles. The highest BCUT2D eigenvalue weighted by Gasteiger charge is 2.37. The minimum Gasteiger partial charge on any atom is -0.396 e. The number of aliphatic hydroxyl groups excluding tert-OH is 1. The first-order valence-electron chi connectivity index (χ1n) is 7.14. The van der Waals surface area contributed by atoms with E-state index in [1.165, 1.54) is 6.20 Å². The molecule has 0 fully saturated rings. The highest BCUT2D eigenvalue weighted by Crippen LogP contribution is 2.31. The summed E-state index contributed by atoms with van der Waals surface area (Å²) in [6.45, 7) is 5.10. The molecule has 0 aliphatic heterocycles. The summed E-state index contributed by atoms with van der Waals surface area (Å²) in [5.74, 6) is -0.392. The number of carbonyl (C=O) groups is 1. The smallest absolute Gasteiger partial charge is 0.396 e. The number of carbonyl (C=O) groups excluding carboxylic acids is 1. The maximum absolute atomic E-state index is 12.9. The number of halogens is 3. The van der Waals surface area contributed by atoms with Crippen molar-refractivity contribution in [2.24, 2.45) is 0 Å². The molecule has 1 aromatic rings. The largest absolute Gasteiger partial charge is 0.435 e. The Balaban J connectivity index is 2.87. The first kappa shape index (κ1) is 18.5. The van der Waals surface area contributed by atoms with E-state index < -0.39 is 23.3 Å². The lowest BCUT2D eigenvalue weighted by atomic mass is 10.0. The molecule has 22 heavy (non-hydrogen) atoms. The molecular weight excluding hydrogens is 299 g/mol. The molecule has 0 atom stereocenters. The standard InChI is InChI=1S/C14H22F3N3O2/c1-4-13(2,3)18-11(22)9-20-8-10(6-5-7-21)12(19-20)14(15,16)17/h8,21H,4-7,9H2,1-3H3,(H,18,22). The van der Waals surface area contributed by atoms with Crippen LogP contribution in [0, 0.1) is 0 Å². The van der Waals surface area contributed by atoms with E-state index >= 15 is 0 Å². The minimum absolute atomic E-state index is 0.0101. The van der Waals surface area contributed by atoms with E-state index in [-0.39, 0.29) is 31.6 Å². The summed E-state index contributed by atoms with van der Waals surface area (Å²) in [5, 5.41) is 15.0. The third-order valence-corrected chi connectivity index (χ3v) is 3.38. The van der Waals surface area contributed by atoms with Gasteiger partial charge in [-0.05, 0) is 33.1 Å². The number of hydrogen-bond donors (Lipinski definition) is 2. The Bertz CT molecular complexity index is 510. The number of nitrogens with zero attached hydrogens (tertiary/aromatic N) is 2. The Morgan fingerprint density at radius 2 is 2.05 bits per heavy atom. The van der Waals surface area contributed by atoms with Gasteiger partial charge in [-0.1, -0.05) is 6.92 Å². The van der Waals surface area contributed by atoms with Gasteiger partial charge in [0.2, 0.25) is 5.91 Å². The van der Waals surface area contributed by atoms with Gasteiger partial charge in [0, 0.05) is 23.9 Å². The molecule has 126 valence electrons. The fourth-order valence-electron chi connectivity index (χ4n) is 1.89. The van der Waals surface area contributed by atoms with Crippen LogP contribution in [-0.4, -0.2) is 32.9 Å². The molecule has 1 amide bonds. The van der Waals surface area contributed by atoms with Crippen LogP contribution in [0.25, 0.3) is 0 Å². The maximum atomic E-state index is 12.9. The number of aryl methyl sites for hydroxylation is 1. The lowest BCUT2D eigenvalue weighted by Gasteiger charge is -2.24. The summed E-state index contributed by atoms with van der Waals surface area (Å²) in [7, 11) is 0. The molecule has 1 rings (SSSR count). The van der Waals surface area contributed by atoms with Gasteiger partial charge in [0.15, 0.2) is 5.69 Å². The van der Waals surface area contributed by atoms with E-state index in [2.05, 4.69) is 10.4 Å². The average Bonchev–Trinajstić information content (AvgIpc) is 2.78. The Kier molecular flexibility index (Phi) is 5.99. The molecule has 1 heterocycles. The third-order valence-electron chi connectivity index (χ3n) is 3.38. The second-order valence-corrected chi connectivity index (χ2v) is 5.81. The van der Waals surface area contributed by atoms with E-state index in [1.807, 2.05) is 20.8 Å². The Labute approximate surface area is 127 Å². The topological polar surface area (TPSA) is 67.2 Å². The summed E-state index contributed by atoms with van der Waals surface area (Å²) in [6, 6.07) is 0. The average molecular weight is 321 g/mol. The van der Waals surface area contributed by atoms with Gasteiger partial charge in [-0.15, -0.1) is 0 Å². The van der Waals surface area contributed by atoms with Gasteiger partial charge >= 0.3 is 6.18 Å². The number of rotatable bonds is 7. The fraction of sp³-hybridized carbons (Fsp3) is 0.714. The maximum Gasteiger partial charge on any atom is 0.435 e. The van der Waals surface area contributed by atoms with Gasteiger partial charge < -0.3 is 10.4 Å². The predicted octanol–water partition coefficient (Wildman–Crippen LogP) is 2.13. The molecular formula is C14H22F3N3O2. The van der Waals surface area contributed by atoms with Crippen LogP contribution in [0.1, 0.15) is 44.9 Å². The van der Waals surface area contributed by atoms with Crippen molar-refractivity contribution in [2.75, 3.05) is 6.61 Å². The fourth-order valence-corrected chi connectivity index (χ4v) is 1.89. The SMILES string of the molecule is CCC(C)(C)NC(=O)Cn1cc(CCCO)c(C(F)(F)F)n1. The van der Waals surface area contributed by atoms with Crippen LogP contribution in [0.2, 0.25) is 0 Å². The number of hydrogen-bond acceptors (Lipinski definition) is 3. The quantitative estimate of drug-likeness (QED) is 0.808. The second-order valence-electron chi connectivity index (χ2n) is 5.81. The van der Waals surface area contributed by atoms with Crippen molar-refractivity contribution in [3.05, 3.63) is 17.5 Å². The first-order valence-corrected chi connectivity index (χ1v) is 7.14. The Morgan fingerprint density at radius 1 is 1.41 bits per heavy atom. The lowest BCUT2D eigenvalue weighted by Crippen LogP contribution is -2.44. The molecule has 0 saturated carbocycles. The van der Waals surface area contributed by atoms with Gasteiger partial charge in [-0.3, -0.25) is 9.48 Å². The van der Waals surface area contributed by atoms with Crippen LogP contribution in [0.4, 0.5) is 13.2 Å². The molecule has 0 spiro atoms. The molecule has 0 aliphatic rings. The van der Waals surface area contributed by atoms with Crippen molar-refractivity contribution in [3.8, 4) is 0 Å². The molecule has 1 aromatic heterocycles. The highest BCUT2D eigenvalue weighted by molar-refractivity contribution is 5.76. The van der Waals surface area contributed by atoms with Crippen molar-refractivity contribution in [1.29, 1.82) is 0 Å². The normalized spacial score (nSPS) is 12.5. The van der Waals surface area contributed by atoms with Crippen molar-refractivity contribution in [2.45, 2.75) is 58.3 Å². The first-order chi connectivity index (χ1) is 10.1. The number of nitrogens with one attached hydrogen (secondary N) is 1. The molecule has 0 aromatic carbocycles. The zero-order valence-corrected chi connectivity index (χ0v) is 13.0. The van der Waals surface area contributed by atoms with Crippen LogP contribution in [-0.2, 0) is 23.9 Å². The van der Waals surface area contributed by atoms with Crippen LogP contribution >= 0.6 is 0 Å². The van der Waals surface area contributed by atoms with Crippen molar-refractivity contribution >= 4 is 5.91 Å². The number of amides is 1. The van der Waals surface area contributed by atoms with E-state index in [1.54, 1.807) is 0 Å². The molecule has 2 N–H and O–H groups in total. The summed E-state index contributed by atoms with van der Waals surface area (Å²) < 4.78 is 39.7. The van der Waals surface area contributed by atoms with Crippen molar-refractivity contribution in [3.63, 3.8) is 0 Å². The zero-order valence-electron chi connectivity index (χ0n) is 13.0. The van der Waals surface area contributed by atoms with Crippen LogP contribution in [0.15, 0.2) is 6.20 Å². The van der Waals surface area contributed by atoms with Gasteiger partial charge in [0.25, 0.3) is 0 Å².